The molecule has 0 bridgehead atoms. The molecule has 8 nitrogen and oxygen atoms in total. The van der Waals surface area contributed by atoms with Crippen molar-refractivity contribution in [2.24, 2.45) is 5.92 Å². The standard InChI is InChI=1S/C12H13F5O8S/c13-11(14,15)10(12(16,17)26(21,22)23)25-8(19)5-24-9(20)6-1-3-7(18)4-2-6/h6,10H,1-5H2,(H,21,22,23). The predicted octanol–water partition coefficient (Wildman–Crippen LogP) is 1.24. The van der Waals surface area contributed by atoms with Crippen LogP contribution in [0.4, 0.5) is 22.0 Å². The summed E-state index contributed by atoms with van der Waals surface area (Å²) in [5.74, 6) is -4.04. The third-order valence-corrected chi connectivity index (χ3v) is 4.31. The minimum Gasteiger partial charge on any atom is -0.453 e. The maximum atomic E-state index is 13.2. The Morgan fingerprint density at radius 3 is 2.08 bits per heavy atom. The van der Waals surface area contributed by atoms with Crippen molar-refractivity contribution < 1.29 is 58.8 Å². The third-order valence-electron chi connectivity index (χ3n) is 3.40. The van der Waals surface area contributed by atoms with E-state index < -0.39 is 52.1 Å². The van der Waals surface area contributed by atoms with Crippen molar-refractivity contribution in [3.8, 4) is 0 Å². The number of alkyl halides is 5. The highest BCUT2D eigenvalue weighted by Gasteiger charge is 2.66. The van der Waals surface area contributed by atoms with Crippen LogP contribution in [-0.4, -0.2) is 54.8 Å². The molecule has 26 heavy (non-hydrogen) atoms. The zero-order valence-electron chi connectivity index (χ0n) is 12.8. The first-order valence-corrected chi connectivity index (χ1v) is 8.39. The van der Waals surface area contributed by atoms with Gasteiger partial charge in [0.25, 0.3) is 6.10 Å². The van der Waals surface area contributed by atoms with Gasteiger partial charge in [0.15, 0.2) is 6.61 Å². The summed E-state index contributed by atoms with van der Waals surface area (Å²) in [6.07, 6.45) is -10.2. The fraction of sp³-hybridized carbons (Fsp3) is 0.750. The van der Waals surface area contributed by atoms with Crippen molar-refractivity contribution in [1.82, 2.24) is 0 Å². The van der Waals surface area contributed by atoms with Gasteiger partial charge in [-0.1, -0.05) is 0 Å². The van der Waals surface area contributed by atoms with Crippen LogP contribution < -0.4 is 0 Å². The Bertz CT molecular complexity index is 662. The summed E-state index contributed by atoms with van der Waals surface area (Å²) in [6.45, 7) is -1.49. The van der Waals surface area contributed by atoms with Gasteiger partial charge in [0.2, 0.25) is 0 Å². The molecule has 0 amide bonds. The molecule has 0 aromatic rings. The average Bonchev–Trinajstić information content (AvgIpc) is 2.48. The van der Waals surface area contributed by atoms with Gasteiger partial charge in [-0.25, -0.2) is 4.79 Å². The Morgan fingerprint density at radius 2 is 1.65 bits per heavy atom. The maximum absolute atomic E-state index is 13.2. The van der Waals surface area contributed by atoms with E-state index in [4.69, 9.17) is 4.55 Å². The summed E-state index contributed by atoms with van der Waals surface area (Å²) in [6, 6.07) is 0. The summed E-state index contributed by atoms with van der Waals surface area (Å²) in [5.41, 5.74) is 0. The van der Waals surface area contributed by atoms with Crippen LogP contribution >= 0.6 is 0 Å². The molecule has 0 heterocycles. The van der Waals surface area contributed by atoms with E-state index in [1.54, 1.807) is 0 Å². The minimum absolute atomic E-state index is 0.0704. The molecule has 0 aliphatic heterocycles. The fourth-order valence-electron chi connectivity index (χ4n) is 2.05. The quantitative estimate of drug-likeness (QED) is 0.393. The van der Waals surface area contributed by atoms with Crippen LogP contribution in [-0.2, 0) is 34.0 Å². The van der Waals surface area contributed by atoms with E-state index in [-0.39, 0.29) is 31.5 Å². The lowest BCUT2D eigenvalue weighted by Crippen LogP contribution is -2.52. The Kier molecular flexibility index (Phi) is 6.68. The first-order chi connectivity index (χ1) is 11.7. The van der Waals surface area contributed by atoms with Gasteiger partial charge >= 0.3 is 33.5 Å². The lowest BCUT2D eigenvalue weighted by Gasteiger charge is -2.26. The van der Waals surface area contributed by atoms with Gasteiger partial charge in [0.05, 0.1) is 5.92 Å². The van der Waals surface area contributed by atoms with E-state index in [0.29, 0.717) is 0 Å². The zero-order chi connectivity index (χ0) is 20.3. The van der Waals surface area contributed by atoms with Crippen LogP contribution in [0.2, 0.25) is 0 Å². The van der Waals surface area contributed by atoms with Crippen molar-refractivity contribution in [2.45, 2.75) is 43.2 Å². The third kappa shape index (κ3) is 5.59. The van der Waals surface area contributed by atoms with Crippen molar-refractivity contribution in [3.05, 3.63) is 0 Å². The van der Waals surface area contributed by atoms with Crippen molar-refractivity contribution in [2.75, 3.05) is 6.61 Å². The van der Waals surface area contributed by atoms with E-state index in [9.17, 15) is 44.8 Å². The molecule has 1 atom stereocenters. The summed E-state index contributed by atoms with van der Waals surface area (Å²) in [4.78, 5) is 33.9. The SMILES string of the molecule is O=C1CCC(C(=O)OCC(=O)OC(C(F)(F)F)C(F)(F)S(=O)(=O)O)CC1. The molecule has 1 aliphatic rings. The van der Waals surface area contributed by atoms with E-state index in [1.165, 1.54) is 0 Å². The number of carbonyl (C=O) groups excluding carboxylic acids is 3. The second-order valence-electron chi connectivity index (χ2n) is 5.37. The molecule has 0 spiro atoms. The van der Waals surface area contributed by atoms with Crippen LogP contribution in [0.3, 0.4) is 0 Å². The van der Waals surface area contributed by atoms with Gasteiger partial charge in [-0.3, -0.25) is 14.1 Å². The second-order valence-corrected chi connectivity index (χ2v) is 6.86. The van der Waals surface area contributed by atoms with Gasteiger partial charge < -0.3 is 9.47 Å². The number of carbonyl (C=O) groups is 3. The van der Waals surface area contributed by atoms with Gasteiger partial charge in [0.1, 0.15) is 5.78 Å². The number of rotatable bonds is 6. The number of hydrogen-bond donors (Lipinski definition) is 1. The predicted molar refractivity (Wildman–Crippen MR) is 70.4 cm³/mol. The van der Waals surface area contributed by atoms with E-state index in [0.717, 1.165) is 0 Å². The fourth-order valence-corrected chi connectivity index (χ4v) is 2.50. The van der Waals surface area contributed by atoms with Crippen LogP contribution in [0, 0.1) is 5.92 Å². The van der Waals surface area contributed by atoms with Gasteiger partial charge in [-0.05, 0) is 12.8 Å². The number of ketones is 1. The average molecular weight is 412 g/mol. The Balaban J connectivity index is 2.71. The number of esters is 2. The lowest BCUT2D eigenvalue weighted by atomic mass is 9.88. The van der Waals surface area contributed by atoms with Gasteiger partial charge in [0, 0.05) is 12.8 Å². The maximum Gasteiger partial charge on any atom is 0.432 e. The van der Waals surface area contributed by atoms with Crippen LogP contribution in [0.25, 0.3) is 0 Å². The molecular weight excluding hydrogens is 399 g/mol. The summed E-state index contributed by atoms with van der Waals surface area (Å²) >= 11 is 0. The number of Topliss-reactive ketones (excluding diaryl/α,β-unsaturated/α-hetero) is 1. The van der Waals surface area contributed by atoms with Crippen LogP contribution in [0.1, 0.15) is 25.7 Å². The highest BCUT2D eigenvalue weighted by atomic mass is 32.2. The number of ether oxygens (including phenoxy) is 2. The molecule has 1 saturated carbocycles. The van der Waals surface area contributed by atoms with Crippen molar-refractivity contribution >= 4 is 27.8 Å². The van der Waals surface area contributed by atoms with Gasteiger partial charge in [-0.15, -0.1) is 0 Å². The second kappa shape index (κ2) is 7.82. The summed E-state index contributed by atoms with van der Waals surface area (Å²) in [5, 5.41) is -5.87. The molecule has 1 fully saturated rings. The normalized spacial score (nSPS) is 18.3. The lowest BCUT2D eigenvalue weighted by molar-refractivity contribution is -0.260. The van der Waals surface area contributed by atoms with Gasteiger partial charge in [-0.2, -0.15) is 30.4 Å². The minimum atomic E-state index is -6.55. The first-order valence-electron chi connectivity index (χ1n) is 6.95. The number of halogens is 5. The Labute approximate surface area is 143 Å². The molecule has 0 saturated heterocycles. The first kappa shape index (κ1) is 22.2. The Hall–Kier alpha value is -1.83. The largest absolute Gasteiger partial charge is 0.453 e. The highest BCUT2D eigenvalue weighted by molar-refractivity contribution is 7.86. The molecule has 0 radical (unpaired) electrons. The monoisotopic (exact) mass is 412 g/mol. The van der Waals surface area contributed by atoms with Crippen LogP contribution in [0.5, 0.6) is 0 Å². The van der Waals surface area contributed by atoms with Crippen LogP contribution in [0.15, 0.2) is 0 Å². The van der Waals surface area contributed by atoms with E-state index in [1.807, 2.05) is 0 Å². The molecule has 0 aromatic heterocycles. The highest BCUT2D eigenvalue weighted by Crippen LogP contribution is 2.38. The molecule has 0 aromatic carbocycles. The molecule has 1 aliphatic carbocycles. The molecule has 1 N–H and O–H groups in total. The molecular formula is C12H13F5O8S. The summed E-state index contributed by atoms with van der Waals surface area (Å²) in [7, 11) is -6.55. The smallest absolute Gasteiger partial charge is 0.432 e. The molecule has 14 heteroatoms. The van der Waals surface area contributed by atoms with E-state index >= 15 is 0 Å². The zero-order valence-corrected chi connectivity index (χ0v) is 13.6. The van der Waals surface area contributed by atoms with Crippen molar-refractivity contribution in [1.29, 1.82) is 0 Å². The topological polar surface area (TPSA) is 124 Å². The molecule has 150 valence electrons. The molecule has 1 rings (SSSR count). The number of hydrogen-bond acceptors (Lipinski definition) is 7. The Morgan fingerprint density at radius 1 is 1.15 bits per heavy atom. The molecule has 1 unspecified atom stereocenters. The summed E-state index contributed by atoms with van der Waals surface area (Å²) < 4.78 is 101. The van der Waals surface area contributed by atoms with E-state index in [2.05, 4.69) is 9.47 Å². The van der Waals surface area contributed by atoms with Crippen molar-refractivity contribution in [3.63, 3.8) is 0 Å².